The minimum atomic E-state index is -0.0557. The summed E-state index contributed by atoms with van der Waals surface area (Å²) in [6, 6.07) is 0. The van der Waals surface area contributed by atoms with Gasteiger partial charge in [0, 0.05) is 6.61 Å². The van der Waals surface area contributed by atoms with Crippen molar-refractivity contribution in [2.45, 2.75) is 25.7 Å². The molecule has 1 aliphatic rings. The maximum absolute atomic E-state index is 5.45. The minimum absolute atomic E-state index is 0.0557. The van der Waals surface area contributed by atoms with Crippen molar-refractivity contribution in [1.29, 1.82) is 0 Å². The second-order valence-corrected chi connectivity index (χ2v) is 4.07. The molecule has 0 aliphatic carbocycles. The van der Waals surface area contributed by atoms with Crippen LogP contribution in [0, 0.1) is 0 Å². The molecule has 0 N–H and O–H groups in total. The Morgan fingerprint density at radius 3 is 3.00 bits per heavy atom. The number of ether oxygens (including phenoxy) is 3. The minimum Gasteiger partial charge on any atom is -0.379 e. The van der Waals surface area contributed by atoms with Crippen LogP contribution in [0.15, 0.2) is 0 Å². The third kappa shape index (κ3) is 4.86. The summed E-state index contributed by atoms with van der Waals surface area (Å²) < 4.78 is 16.1. The largest absolute Gasteiger partial charge is 0.379 e. The van der Waals surface area contributed by atoms with E-state index < -0.39 is 0 Å². The number of thioether (sulfide) groups is 1. The lowest BCUT2D eigenvalue weighted by Gasteiger charge is -2.08. The zero-order chi connectivity index (χ0) is 9.52. The van der Waals surface area contributed by atoms with Gasteiger partial charge in [0.2, 0.25) is 0 Å². The SMILES string of the molecule is CSCCCOCC1COC(C)O1. The molecule has 1 saturated heterocycles. The van der Waals surface area contributed by atoms with Gasteiger partial charge in [-0.15, -0.1) is 0 Å². The molecule has 2 atom stereocenters. The fourth-order valence-corrected chi connectivity index (χ4v) is 1.61. The van der Waals surface area contributed by atoms with E-state index in [9.17, 15) is 0 Å². The summed E-state index contributed by atoms with van der Waals surface area (Å²) in [5, 5.41) is 0. The Balaban J connectivity index is 1.88. The molecule has 0 saturated carbocycles. The second kappa shape index (κ2) is 6.65. The zero-order valence-corrected chi connectivity index (χ0v) is 9.14. The third-order valence-electron chi connectivity index (χ3n) is 1.84. The van der Waals surface area contributed by atoms with Crippen LogP contribution in [0.2, 0.25) is 0 Å². The van der Waals surface area contributed by atoms with E-state index in [-0.39, 0.29) is 12.4 Å². The third-order valence-corrected chi connectivity index (χ3v) is 2.54. The molecule has 0 aromatic rings. The van der Waals surface area contributed by atoms with Crippen LogP contribution in [0.5, 0.6) is 0 Å². The van der Waals surface area contributed by atoms with Crippen LogP contribution in [0.25, 0.3) is 0 Å². The maximum Gasteiger partial charge on any atom is 0.155 e. The molecule has 1 fully saturated rings. The van der Waals surface area contributed by atoms with Crippen molar-refractivity contribution in [1.82, 2.24) is 0 Å². The lowest BCUT2D eigenvalue weighted by molar-refractivity contribution is -0.0580. The lowest BCUT2D eigenvalue weighted by atomic mass is 10.4. The van der Waals surface area contributed by atoms with Gasteiger partial charge in [0.1, 0.15) is 6.10 Å². The first-order valence-electron chi connectivity index (χ1n) is 4.66. The molecular formula is C9H18O3S. The standard InChI is InChI=1S/C9H18O3S/c1-8-11-7-9(12-8)6-10-4-3-5-13-2/h8-9H,3-7H2,1-2H3. The summed E-state index contributed by atoms with van der Waals surface area (Å²) in [4.78, 5) is 0. The number of rotatable bonds is 6. The van der Waals surface area contributed by atoms with Crippen molar-refractivity contribution in [2.75, 3.05) is 31.8 Å². The molecule has 0 aromatic heterocycles. The van der Waals surface area contributed by atoms with E-state index in [2.05, 4.69) is 6.26 Å². The molecule has 13 heavy (non-hydrogen) atoms. The quantitative estimate of drug-likeness (QED) is 0.616. The molecule has 0 amide bonds. The van der Waals surface area contributed by atoms with Crippen LogP contribution >= 0.6 is 11.8 Å². The normalized spacial score (nSPS) is 28.2. The van der Waals surface area contributed by atoms with E-state index in [1.54, 1.807) is 0 Å². The van der Waals surface area contributed by atoms with Crippen LogP contribution in [-0.4, -0.2) is 44.2 Å². The Morgan fingerprint density at radius 1 is 1.54 bits per heavy atom. The van der Waals surface area contributed by atoms with Crippen LogP contribution < -0.4 is 0 Å². The number of hydrogen-bond acceptors (Lipinski definition) is 4. The van der Waals surface area contributed by atoms with Gasteiger partial charge in [0.25, 0.3) is 0 Å². The van der Waals surface area contributed by atoms with E-state index in [4.69, 9.17) is 14.2 Å². The van der Waals surface area contributed by atoms with Gasteiger partial charge in [-0.05, 0) is 25.4 Å². The predicted molar refractivity (Wildman–Crippen MR) is 54.1 cm³/mol. The summed E-state index contributed by atoms with van der Waals surface area (Å²) in [7, 11) is 0. The van der Waals surface area contributed by atoms with E-state index in [0.29, 0.717) is 13.2 Å². The highest BCUT2D eigenvalue weighted by molar-refractivity contribution is 7.98. The van der Waals surface area contributed by atoms with Gasteiger partial charge in [-0.2, -0.15) is 11.8 Å². The van der Waals surface area contributed by atoms with Crippen molar-refractivity contribution >= 4 is 11.8 Å². The molecule has 0 bridgehead atoms. The maximum atomic E-state index is 5.45. The molecule has 3 nitrogen and oxygen atoms in total. The summed E-state index contributed by atoms with van der Waals surface area (Å²) >= 11 is 1.85. The highest BCUT2D eigenvalue weighted by atomic mass is 32.2. The Bertz CT molecular complexity index is 132. The van der Waals surface area contributed by atoms with E-state index in [1.165, 1.54) is 5.75 Å². The van der Waals surface area contributed by atoms with E-state index in [1.807, 2.05) is 18.7 Å². The molecular weight excluding hydrogens is 188 g/mol. The van der Waals surface area contributed by atoms with Gasteiger partial charge in [0.05, 0.1) is 13.2 Å². The van der Waals surface area contributed by atoms with Gasteiger partial charge in [0.15, 0.2) is 6.29 Å². The van der Waals surface area contributed by atoms with Crippen LogP contribution in [0.1, 0.15) is 13.3 Å². The first-order chi connectivity index (χ1) is 6.33. The monoisotopic (exact) mass is 206 g/mol. The van der Waals surface area contributed by atoms with Gasteiger partial charge >= 0.3 is 0 Å². The second-order valence-electron chi connectivity index (χ2n) is 3.08. The van der Waals surface area contributed by atoms with Gasteiger partial charge in [-0.3, -0.25) is 0 Å². The summed E-state index contributed by atoms with van der Waals surface area (Å²) in [5.74, 6) is 1.17. The number of hydrogen-bond donors (Lipinski definition) is 0. The Kier molecular flexibility index (Phi) is 5.78. The van der Waals surface area contributed by atoms with Crippen LogP contribution in [0.3, 0.4) is 0 Å². The average Bonchev–Trinajstić information content (AvgIpc) is 2.51. The Morgan fingerprint density at radius 2 is 2.38 bits per heavy atom. The molecule has 1 rings (SSSR count). The van der Waals surface area contributed by atoms with E-state index in [0.717, 1.165) is 13.0 Å². The van der Waals surface area contributed by atoms with Crippen molar-refractivity contribution in [3.05, 3.63) is 0 Å². The lowest BCUT2D eigenvalue weighted by Crippen LogP contribution is -2.18. The topological polar surface area (TPSA) is 27.7 Å². The first kappa shape index (κ1) is 11.3. The van der Waals surface area contributed by atoms with Gasteiger partial charge in [-0.1, -0.05) is 0 Å². The smallest absolute Gasteiger partial charge is 0.155 e. The van der Waals surface area contributed by atoms with Crippen LogP contribution in [0.4, 0.5) is 0 Å². The van der Waals surface area contributed by atoms with Gasteiger partial charge in [-0.25, -0.2) is 0 Å². The Labute approximate surface area is 84.1 Å². The summed E-state index contributed by atoms with van der Waals surface area (Å²) in [6.45, 7) is 4.07. The molecule has 2 unspecified atom stereocenters. The predicted octanol–water partition coefficient (Wildman–Crippen LogP) is 1.52. The molecule has 0 aromatic carbocycles. The molecule has 1 aliphatic heterocycles. The van der Waals surface area contributed by atoms with E-state index >= 15 is 0 Å². The Hall–Kier alpha value is 0.230. The van der Waals surface area contributed by atoms with Gasteiger partial charge < -0.3 is 14.2 Å². The summed E-state index contributed by atoms with van der Waals surface area (Å²) in [5.41, 5.74) is 0. The molecule has 0 spiro atoms. The van der Waals surface area contributed by atoms with Crippen molar-refractivity contribution in [3.63, 3.8) is 0 Å². The molecule has 78 valence electrons. The first-order valence-corrected chi connectivity index (χ1v) is 6.06. The van der Waals surface area contributed by atoms with Crippen molar-refractivity contribution in [3.8, 4) is 0 Å². The molecule has 4 heteroatoms. The van der Waals surface area contributed by atoms with Crippen molar-refractivity contribution < 1.29 is 14.2 Å². The fourth-order valence-electron chi connectivity index (χ4n) is 1.20. The zero-order valence-electron chi connectivity index (χ0n) is 8.32. The highest BCUT2D eigenvalue weighted by Crippen LogP contribution is 2.10. The summed E-state index contributed by atoms with van der Waals surface area (Å²) in [6.07, 6.45) is 3.31. The highest BCUT2D eigenvalue weighted by Gasteiger charge is 2.21. The van der Waals surface area contributed by atoms with Crippen LogP contribution in [-0.2, 0) is 14.2 Å². The average molecular weight is 206 g/mol. The van der Waals surface area contributed by atoms with Crippen molar-refractivity contribution in [2.24, 2.45) is 0 Å². The fraction of sp³-hybridized carbons (Fsp3) is 1.00. The molecule has 0 radical (unpaired) electrons. The molecule has 1 heterocycles.